The van der Waals surface area contributed by atoms with Crippen LogP contribution in [0.25, 0.3) is 143 Å². The molecule has 19 rings (SSSR count). The van der Waals surface area contributed by atoms with Gasteiger partial charge in [0.15, 0.2) is 0 Å². The molecule has 14 aromatic carbocycles. The van der Waals surface area contributed by atoms with E-state index in [-0.39, 0.29) is 27.1 Å². The molecule has 0 heterocycles. The molecule has 0 amide bonds. The van der Waals surface area contributed by atoms with Crippen molar-refractivity contribution in [1.82, 2.24) is 0 Å². The van der Waals surface area contributed by atoms with Gasteiger partial charge in [-0.05, 0) is 247 Å². The molecule has 0 saturated carbocycles. The van der Waals surface area contributed by atoms with E-state index < -0.39 is 0 Å². The Hall–Kier alpha value is -9.88. The first-order valence-corrected chi connectivity index (χ1v) is 33.0. The van der Waals surface area contributed by atoms with Crippen LogP contribution in [0.4, 0.5) is 0 Å². The molecule has 0 spiro atoms. The number of hydrogen-bond acceptors (Lipinski definition) is 0. The molecule has 5 aliphatic rings. The van der Waals surface area contributed by atoms with Crippen molar-refractivity contribution in [3.8, 4) is 100 Å². The normalized spacial score (nSPS) is 16.2. The maximum absolute atomic E-state index is 2.57. The number of rotatable bonds is 4. The molecule has 0 radical (unpaired) electrons. The Bertz CT molecular complexity index is 5320. The molecule has 0 unspecified atom stereocenters. The lowest BCUT2D eigenvalue weighted by atomic mass is 9.78. The summed E-state index contributed by atoms with van der Waals surface area (Å²) in [6, 6.07) is 94.4. The molecule has 14 aromatic rings. The summed E-state index contributed by atoms with van der Waals surface area (Å²) in [7, 11) is 0. The van der Waals surface area contributed by atoms with E-state index in [0.29, 0.717) is 0 Å². The van der Waals surface area contributed by atoms with Crippen LogP contribution in [-0.4, -0.2) is 0 Å². The standard InChI is InChI=1S/C91H70/c1-87(2)73-33-21-19-27-59(73)61-39-35-51(43-75(61)87)69-47-79-83(65-29-15-11-23-55(65)69)85-67-31-17-13-25-57(67)71(49-81(85)90(79,7)8)53-37-41-63-64-42-38-54(46-78(64)89(5,6)77(63)45-53)72-50-82-86(68-32-18-14-26-58(68)72)84-66-30-16-12-24-56(66)70(48-80(84)91(82,9)10)52-36-40-62-60-28-20-22-34-74(60)88(3,4)76(62)44-52/h11-50H,1-10H3. The highest BCUT2D eigenvalue weighted by Crippen LogP contribution is 2.61. The van der Waals surface area contributed by atoms with E-state index in [4.69, 9.17) is 0 Å². The molecule has 0 fully saturated rings. The highest BCUT2D eigenvalue weighted by atomic mass is 14.5. The Morgan fingerprint density at radius 2 is 0.352 bits per heavy atom. The SMILES string of the molecule is CC1(C)c2ccccc2-c2ccc(-c3cc4c(c5ccccc35)-c3c(cc(-c5ccc6c(c5)C(C)(C)c5cc(-c7cc8c(c9ccccc79)-c7c(cc(-c9ccc%10c(c9)C(C)(C)c9ccccc9-%10)c9ccccc79)C8(C)C)ccc5-6)c5ccccc35)C4(C)C)cc21. The lowest BCUT2D eigenvalue weighted by Crippen LogP contribution is -2.16. The number of hydrogen-bond donors (Lipinski definition) is 0. The Morgan fingerprint density at radius 1 is 0.154 bits per heavy atom. The predicted octanol–water partition coefficient (Wildman–Crippen LogP) is 24.5. The van der Waals surface area contributed by atoms with Crippen molar-refractivity contribution in [2.24, 2.45) is 0 Å². The van der Waals surface area contributed by atoms with Crippen LogP contribution in [0.5, 0.6) is 0 Å². The first kappa shape index (κ1) is 53.0. The number of fused-ring (bicyclic) bond motifs is 23. The highest BCUT2D eigenvalue weighted by molar-refractivity contribution is 6.19. The van der Waals surface area contributed by atoms with E-state index in [0.717, 1.165) is 0 Å². The van der Waals surface area contributed by atoms with Gasteiger partial charge in [0.2, 0.25) is 0 Å². The summed E-state index contributed by atoms with van der Waals surface area (Å²) < 4.78 is 0. The zero-order chi connectivity index (χ0) is 61.6. The Balaban J connectivity index is 0.708. The lowest BCUT2D eigenvalue weighted by Gasteiger charge is -2.25. The van der Waals surface area contributed by atoms with Gasteiger partial charge in [0, 0.05) is 27.1 Å². The van der Waals surface area contributed by atoms with Gasteiger partial charge >= 0.3 is 0 Å². The molecule has 0 bridgehead atoms. The van der Waals surface area contributed by atoms with Crippen molar-refractivity contribution in [2.45, 2.75) is 96.3 Å². The van der Waals surface area contributed by atoms with Gasteiger partial charge in [-0.2, -0.15) is 0 Å². The number of benzene rings is 14. The third-order valence-electron chi connectivity index (χ3n) is 23.5. The average molecular weight is 1160 g/mol. The molecule has 5 aliphatic carbocycles. The molecule has 0 aliphatic heterocycles. The molecule has 434 valence electrons. The average Bonchev–Trinajstić information content (AvgIpc) is 1.56. The van der Waals surface area contributed by atoms with Gasteiger partial charge in [0.25, 0.3) is 0 Å². The first-order valence-electron chi connectivity index (χ1n) is 33.0. The summed E-state index contributed by atoms with van der Waals surface area (Å²) >= 11 is 0. The van der Waals surface area contributed by atoms with E-state index in [1.165, 1.54) is 199 Å². The summed E-state index contributed by atoms with van der Waals surface area (Å²) in [5.41, 5.74) is 37.0. The Morgan fingerprint density at radius 3 is 0.615 bits per heavy atom. The van der Waals surface area contributed by atoms with Crippen molar-refractivity contribution in [2.75, 3.05) is 0 Å². The van der Waals surface area contributed by atoms with Crippen molar-refractivity contribution < 1.29 is 0 Å². The van der Waals surface area contributed by atoms with Crippen molar-refractivity contribution >= 4 is 43.1 Å². The smallest absolute Gasteiger partial charge is 0.0159 e. The van der Waals surface area contributed by atoms with E-state index >= 15 is 0 Å². The van der Waals surface area contributed by atoms with Crippen LogP contribution in [0.2, 0.25) is 0 Å². The summed E-state index contributed by atoms with van der Waals surface area (Å²) in [5.74, 6) is 0. The molecule has 0 heteroatoms. The Kier molecular flexibility index (Phi) is 10.3. The van der Waals surface area contributed by atoms with Crippen LogP contribution >= 0.6 is 0 Å². The van der Waals surface area contributed by atoms with Crippen LogP contribution in [0.3, 0.4) is 0 Å². The van der Waals surface area contributed by atoms with Gasteiger partial charge in [-0.1, -0.05) is 263 Å². The molecule has 0 nitrogen and oxygen atoms in total. The fraction of sp³-hybridized carbons (Fsp3) is 0.165. The van der Waals surface area contributed by atoms with Crippen LogP contribution in [0.1, 0.15) is 125 Å². The third-order valence-corrected chi connectivity index (χ3v) is 23.5. The van der Waals surface area contributed by atoms with Crippen LogP contribution < -0.4 is 0 Å². The largest absolute Gasteiger partial charge is 0.0619 e. The first-order chi connectivity index (χ1) is 43.9. The van der Waals surface area contributed by atoms with Crippen molar-refractivity contribution in [3.63, 3.8) is 0 Å². The van der Waals surface area contributed by atoms with Gasteiger partial charge in [-0.15, -0.1) is 0 Å². The van der Waals surface area contributed by atoms with E-state index in [9.17, 15) is 0 Å². The summed E-state index contributed by atoms with van der Waals surface area (Å²) in [4.78, 5) is 0. The molecule has 0 aromatic heterocycles. The van der Waals surface area contributed by atoms with Gasteiger partial charge in [-0.25, -0.2) is 0 Å². The van der Waals surface area contributed by atoms with Crippen LogP contribution in [-0.2, 0) is 27.1 Å². The second-order valence-electron chi connectivity index (χ2n) is 29.8. The molecule has 0 saturated heterocycles. The summed E-state index contributed by atoms with van der Waals surface area (Å²) in [6.07, 6.45) is 0. The van der Waals surface area contributed by atoms with Gasteiger partial charge in [0.1, 0.15) is 0 Å². The molecule has 0 N–H and O–H groups in total. The summed E-state index contributed by atoms with van der Waals surface area (Å²) in [5, 5.41) is 10.5. The van der Waals surface area contributed by atoms with Crippen LogP contribution in [0.15, 0.2) is 243 Å². The van der Waals surface area contributed by atoms with Crippen molar-refractivity contribution in [3.05, 3.63) is 298 Å². The minimum Gasteiger partial charge on any atom is -0.0619 e. The van der Waals surface area contributed by atoms with E-state index in [1.807, 2.05) is 0 Å². The zero-order valence-corrected chi connectivity index (χ0v) is 53.6. The Labute approximate surface area is 534 Å². The summed E-state index contributed by atoms with van der Waals surface area (Å²) in [6.45, 7) is 24.4. The van der Waals surface area contributed by atoms with Gasteiger partial charge < -0.3 is 0 Å². The topological polar surface area (TPSA) is 0 Å². The fourth-order valence-electron chi connectivity index (χ4n) is 18.6. The lowest BCUT2D eigenvalue weighted by molar-refractivity contribution is 0.659. The fourth-order valence-corrected chi connectivity index (χ4v) is 18.6. The van der Waals surface area contributed by atoms with E-state index in [2.05, 4.69) is 312 Å². The predicted molar refractivity (Wildman–Crippen MR) is 386 cm³/mol. The van der Waals surface area contributed by atoms with Crippen molar-refractivity contribution in [1.29, 1.82) is 0 Å². The highest BCUT2D eigenvalue weighted by Gasteiger charge is 2.44. The maximum atomic E-state index is 2.57. The van der Waals surface area contributed by atoms with Gasteiger partial charge in [-0.3, -0.25) is 0 Å². The third kappa shape index (κ3) is 6.80. The molecule has 91 heavy (non-hydrogen) atoms. The molecule has 0 atom stereocenters. The second kappa shape index (κ2) is 17.7. The maximum Gasteiger partial charge on any atom is 0.0159 e. The van der Waals surface area contributed by atoms with E-state index in [1.54, 1.807) is 0 Å². The minimum atomic E-state index is -0.262. The second-order valence-corrected chi connectivity index (χ2v) is 29.8. The monoisotopic (exact) mass is 1160 g/mol. The zero-order valence-electron chi connectivity index (χ0n) is 53.6. The van der Waals surface area contributed by atoms with Gasteiger partial charge in [0.05, 0.1) is 0 Å². The minimum absolute atomic E-state index is 0.0813. The quantitative estimate of drug-likeness (QED) is 0.165. The molecular weight excluding hydrogens is 1090 g/mol. The van der Waals surface area contributed by atoms with Crippen LogP contribution in [0, 0.1) is 0 Å². The molecular formula is C91H70.